The molecule has 1 aromatic carbocycles. The number of nitrogens with zero attached hydrogens (tertiary/aromatic N) is 1. The van der Waals surface area contributed by atoms with Gasteiger partial charge in [0, 0.05) is 23.8 Å². The van der Waals surface area contributed by atoms with E-state index in [4.69, 9.17) is 4.74 Å². The summed E-state index contributed by atoms with van der Waals surface area (Å²) in [6, 6.07) is 7.94. The molecule has 0 bridgehead atoms. The fourth-order valence-electron chi connectivity index (χ4n) is 2.88. The number of hydrogen-bond donors (Lipinski definition) is 1. The van der Waals surface area contributed by atoms with E-state index in [2.05, 4.69) is 49.2 Å². The Kier molecular flexibility index (Phi) is 3.81. The lowest BCUT2D eigenvalue weighted by Gasteiger charge is -2.35. The summed E-state index contributed by atoms with van der Waals surface area (Å²) in [6.07, 6.45) is 1.09. The molecule has 0 aromatic heterocycles. The van der Waals surface area contributed by atoms with Gasteiger partial charge in [-0.05, 0) is 58.0 Å². The van der Waals surface area contributed by atoms with Crippen molar-refractivity contribution < 1.29 is 4.74 Å². The van der Waals surface area contributed by atoms with Crippen LogP contribution in [0.1, 0.15) is 26.3 Å². The number of nitrogens with one attached hydrogen (secondary N) is 1. The number of benzene rings is 1. The molecule has 0 saturated heterocycles. The van der Waals surface area contributed by atoms with Crippen LogP contribution in [-0.4, -0.2) is 32.3 Å². The van der Waals surface area contributed by atoms with E-state index >= 15 is 0 Å². The number of anilines is 1. The highest BCUT2D eigenvalue weighted by Crippen LogP contribution is 2.37. The summed E-state index contributed by atoms with van der Waals surface area (Å²) in [5.74, 6) is 0.954. The van der Waals surface area contributed by atoms with Gasteiger partial charge in [-0.25, -0.2) is 0 Å². The van der Waals surface area contributed by atoms with Gasteiger partial charge in [0.05, 0.1) is 7.11 Å². The molecule has 2 rings (SSSR count). The normalized spacial score (nSPS) is 20.1. The van der Waals surface area contributed by atoms with Crippen molar-refractivity contribution in [1.82, 2.24) is 5.32 Å². The molecule has 1 aromatic rings. The number of hydrogen-bond acceptors (Lipinski definition) is 3. The molecule has 3 nitrogen and oxygen atoms in total. The molecule has 0 aliphatic carbocycles. The SMILES string of the molecule is CNC(C)C1Cc2cc(OC)ccc2N1C(C)C. The summed E-state index contributed by atoms with van der Waals surface area (Å²) in [5, 5.41) is 3.38. The van der Waals surface area contributed by atoms with Crippen LogP contribution >= 0.6 is 0 Å². The third-order valence-electron chi connectivity index (χ3n) is 3.94. The maximum absolute atomic E-state index is 5.32. The lowest BCUT2D eigenvalue weighted by molar-refractivity contribution is 0.414. The largest absolute Gasteiger partial charge is 0.497 e. The molecule has 0 fully saturated rings. The Morgan fingerprint density at radius 3 is 2.61 bits per heavy atom. The number of methoxy groups -OCH3 is 1. The Bertz CT molecular complexity index is 417. The molecule has 3 heteroatoms. The summed E-state index contributed by atoms with van der Waals surface area (Å²) < 4.78 is 5.32. The second-order valence-corrected chi connectivity index (χ2v) is 5.34. The van der Waals surface area contributed by atoms with Crippen LogP contribution in [0.15, 0.2) is 18.2 Å². The number of ether oxygens (including phenoxy) is 1. The quantitative estimate of drug-likeness (QED) is 0.885. The predicted octanol–water partition coefficient (Wildman–Crippen LogP) is 2.44. The maximum atomic E-state index is 5.32. The first-order valence-corrected chi connectivity index (χ1v) is 6.71. The van der Waals surface area contributed by atoms with E-state index in [1.54, 1.807) is 7.11 Å². The van der Waals surface area contributed by atoms with Crippen LogP contribution in [0.4, 0.5) is 5.69 Å². The minimum Gasteiger partial charge on any atom is -0.497 e. The van der Waals surface area contributed by atoms with E-state index in [-0.39, 0.29) is 0 Å². The second kappa shape index (κ2) is 5.19. The number of likely N-dealkylation sites (N-methyl/N-ethyl adjacent to an activating group) is 1. The van der Waals surface area contributed by atoms with Crippen molar-refractivity contribution in [3.63, 3.8) is 0 Å². The molecule has 2 unspecified atom stereocenters. The van der Waals surface area contributed by atoms with Crippen molar-refractivity contribution >= 4 is 5.69 Å². The zero-order valence-corrected chi connectivity index (χ0v) is 12.0. The van der Waals surface area contributed by atoms with Crippen LogP contribution < -0.4 is 15.0 Å². The van der Waals surface area contributed by atoms with Gasteiger partial charge in [0.25, 0.3) is 0 Å². The number of fused-ring (bicyclic) bond motifs is 1. The lowest BCUT2D eigenvalue weighted by atomic mass is 10.0. The summed E-state index contributed by atoms with van der Waals surface area (Å²) in [4.78, 5) is 2.52. The van der Waals surface area contributed by atoms with E-state index in [9.17, 15) is 0 Å². The Morgan fingerprint density at radius 2 is 2.06 bits per heavy atom. The summed E-state index contributed by atoms with van der Waals surface area (Å²) >= 11 is 0. The highest BCUT2D eigenvalue weighted by Gasteiger charge is 2.34. The van der Waals surface area contributed by atoms with Gasteiger partial charge in [-0.1, -0.05) is 0 Å². The van der Waals surface area contributed by atoms with Gasteiger partial charge in [0.1, 0.15) is 5.75 Å². The first kappa shape index (κ1) is 13.2. The molecule has 1 N–H and O–H groups in total. The third kappa shape index (κ3) is 2.19. The zero-order valence-electron chi connectivity index (χ0n) is 12.0. The Balaban J connectivity index is 2.36. The molecule has 2 atom stereocenters. The van der Waals surface area contributed by atoms with Crippen molar-refractivity contribution in [2.75, 3.05) is 19.1 Å². The molecule has 0 amide bonds. The van der Waals surface area contributed by atoms with Crippen molar-refractivity contribution in [3.05, 3.63) is 23.8 Å². The molecule has 18 heavy (non-hydrogen) atoms. The van der Waals surface area contributed by atoms with Gasteiger partial charge in [0.15, 0.2) is 0 Å². The van der Waals surface area contributed by atoms with E-state index in [1.165, 1.54) is 11.3 Å². The molecule has 0 saturated carbocycles. The van der Waals surface area contributed by atoms with Crippen LogP contribution in [-0.2, 0) is 6.42 Å². The average Bonchev–Trinajstić information content (AvgIpc) is 2.75. The predicted molar refractivity (Wildman–Crippen MR) is 76.6 cm³/mol. The van der Waals surface area contributed by atoms with Crippen LogP contribution in [0.2, 0.25) is 0 Å². The minimum absolute atomic E-state index is 0.478. The van der Waals surface area contributed by atoms with Crippen molar-refractivity contribution in [2.24, 2.45) is 0 Å². The molecule has 0 spiro atoms. The molecule has 1 aliphatic rings. The van der Waals surface area contributed by atoms with Crippen LogP contribution in [0, 0.1) is 0 Å². The Morgan fingerprint density at radius 1 is 1.33 bits per heavy atom. The molecule has 1 heterocycles. The molecule has 0 radical (unpaired) electrons. The van der Waals surface area contributed by atoms with Gasteiger partial charge in [0.2, 0.25) is 0 Å². The fraction of sp³-hybridized carbons (Fsp3) is 0.600. The van der Waals surface area contributed by atoms with E-state index in [0.29, 0.717) is 18.1 Å². The molecular weight excluding hydrogens is 224 g/mol. The minimum atomic E-state index is 0.478. The summed E-state index contributed by atoms with van der Waals surface area (Å²) in [6.45, 7) is 6.77. The van der Waals surface area contributed by atoms with Crippen LogP contribution in [0.3, 0.4) is 0 Å². The summed E-state index contributed by atoms with van der Waals surface area (Å²) in [5.41, 5.74) is 2.76. The van der Waals surface area contributed by atoms with Gasteiger partial charge in [-0.2, -0.15) is 0 Å². The average molecular weight is 248 g/mol. The van der Waals surface area contributed by atoms with Gasteiger partial charge >= 0.3 is 0 Å². The second-order valence-electron chi connectivity index (χ2n) is 5.34. The topological polar surface area (TPSA) is 24.5 Å². The molecule has 1 aliphatic heterocycles. The van der Waals surface area contributed by atoms with Gasteiger partial charge < -0.3 is 15.0 Å². The van der Waals surface area contributed by atoms with Crippen LogP contribution in [0.25, 0.3) is 0 Å². The standard InChI is InChI=1S/C15H24N2O/c1-10(2)17-14-7-6-13(18-5)8-12(14)9-15(17)11(3)16-4/h6-8,10-11,15-16H,9H2,1-5H3. The highest BCUT2D eigenvalue weighted by molar-refractivity contribution is 5.62. The van der Waals surface area contributed by atoms with Crippen molar-refractivity contribution in [1.29, 1.82) is 0 Å². The lowest BCUT2D eigenvalue weighted by Crippen LogP contribution is -2.48. The van der Waals surface area contributed by atoms with E-state index < -0.39 is 0 Å². The maximum Gasteiger partial charge on any atom is 0.119 e. The van der Waals surface area contributed by atoms with Crippen molar-refractivity contribution in [3.8, 4) is 5.75 Å². The zero-order chi connectivity index (χ0) is 13.3. The summed E-state index contributed by atoms with van der Waals surface area (Å²) in [7, 11) is 3.76. The van der Waals surface area contributed by atoms with E-state index in [0.717, 1.165) is 12.2 Å². The van der Waals surface area contributed by atoms with Crippen LogP contribution in [0.5, 0.6) is 5.75 Å². The van der Waals surface area contributed by atoms with Crippen molar-refractivity contribution in [2.45, 2.75) is 45.3 Å². The Labute approximate surface area is 110 Å². The number of rotatable bonds is 4. The molecule has 100 valence electrons. The van der Waals surface area contributed by atoms with Gasteiger partial charge in [-0.15, -0.1) is 0 Å². The van der Waals surface area contributed by atoms with E-state index in [1.807, 2.05) is 7.05 Å². The Hall–Kier alpha value is -1.22. The smallest absolute Gasteiger partial charge is 0.119 e. The first-order chi connectivity index (χ1) is 8.58. The third-order valence-corrected chi connectivity index (χ3v) is 3.94. The monoisotopic (exact) mass is 248 g/mol. The van der Waals surface area contributed by atoms with Gasteiger partial charge in [-0.3, -0.25) is 0 Å². The fourth-order valence-corrected chi connectivity index (χ4v) is 2.88. The first-order valence-electron chi connectivity index (χ1n) is 6.71. The highest BCUT2D eigenvalue weighted by atomic mass is 16.5. The molecular formula is C15H24N2O.